The number of aryl methyl sites for hydroxylation is 2. The molecule has 1 heterocycles. The fourth-order valence-electron chi connectivity index (χ4n) is 2.36. The first-order chi connectivity index (χ1) is 10.9. The highest BCUT2D eigenvalue weighted by molar-refractivity contribution is 5.76. The first-order valence-corrected chi connectivity index (χ1v) is 7.78. The molecular weight excluding hydrogens is 297 g/mol. The van der Waals surface area contributed by atoms with Gasteiger partial charge < -0.3 is 9.73 Å². The predicted molar refractivity (Wildman–Crippen MR) is 84.1 cm³/mol. The highest BCUT2D eigenvalue weighted by atomic mass is 19.1. The van der Waals surface area contributed by atoms with Gasteiger partial charge in [0.15, 0.2) is 0 Å². The molecule has 1 N–H and O–H groups in total. The number of hydrogen-bond donors (Lipinski definition) is 1. The maximum absolute atomic E-state index is 13.1. The van der Waals surface area contributed by atoms with E-state index in [2.05, 4.69) is 29.4 Å². The topological polar surface area (TPSA) is 68.0 Å². The zero-order valence-electron chi connectivity index (χ0n) is 13.7. The van der Waals surface area contributed by atoms with Gasteiger partial charge in [-0.25, -0.2) is 4.39 Å². The van der Waals surface area contributed by atoms with Gasteiger partial charge in [-0.3, -0.25) is 4.79 Å². The molecule has 0 saturated heterocycles. The number of nitrogens with one attached hydrogen (secondary N) is 1. The fraction of sp³-hybridized carbons (Fsp3) is 0.471. The van der Waals surface area contributed by atoms with Gasteiger partial charge in [-0.2, -0.15) is 0 Å². The van der Waals surface area contributed by atoms with Crippen LogP contribution >= 0.6 is 0 Å². The minimum Gasteiger partial charge on any atom is -0.423 e. The maximum atomic E-state index is 13.1. The molecular formula is C17H22FN3O2. The van der Waals surface area contributed by atoms with Crippen LogP contribution in [0.25, 0.3) is 0 Å². The van der Waals surface area contributed by atoms with Crippen LogP contribution in [0.2, 0.25) is 0 Å². The summed E-state index contributed by atoms with van der Waals surface area (Å²) in [6.45, 7) is 5.85. The first kappa shape index (κ1) is 17.1. The molecule has 1 aromatic heterocycles. The van der Waals surface area contributed by atoms with Crippen molar-refractivity contribution in [3.8, 4) is 0 Å². The molecule has 0 aliphatic carbocycles. The molecule has 0 saturated carbocycles. The van der Waals surface area contributed by atoms with Crippen molar-refractivity contribution in [2.45, 2.75) is 46.1 Å². The van der Waals surface area contributed by atoms with E-state index < -0.39 is 0 Å². The Kier molecular flexibility index (Phi) is 5.84. The Morgan fingerprint density at radius 2 is 2.13 bits per heavy atom. The van der Waals surface area contributed by atoms with Crippen molar-refractivity contribution in [3.05, 3.63) is 47.4 Å². The second-order valence-electron chi connectivity index (χ2n) is 6.04. The quantitative estimate of drug-likeness (QED) is 0.850. The van der Waals surface area contributed by atoms with E-state index in [1.807, 2.05) is 6.07 Å². The van der Waals surface area contributed by atoms with Crippen LogP contribution in [0.4, 0.5) is 4.39 Å². The van der Waals surface area contributed by atoms with Crippen LogP contribution in [-0.2, 0) is 11.2 Å². The summed E-state index contributed by atoms with van der Waals surface area (Å²) in [4.78, 5) is 12.2. The number of aromatic nitrogens is 2. The SMILES string of the molecule is Cc1nnc(C(CC(C)C)NC(=O)CCc2cccc(F)c2)o1. The fourth-order valence-corrected chi connectivity index (χ4v) is 2.36. The lowest BCUT2D eigenvalue weighted by Crippen LogP contribution is -2.30. The molecule has 2 rings (SSSR count). The Morgan fingerprint density at radius 3 is 2.74 bits per heavy atom. The Bertz CT molecular complexity index is 655. The number of halogens is 1. The largest absolute Gasteiger partial charge is 0.423 e. The van der Waals surface area contributed by atoms with E-state index in [1.165, 1.54) is 12.1 Å². The number of hydrogen-bond acceptors (Lipinski definition) is 4. The molecule has 23 heavy (non-hydrogen) atoms. The second-order valence-corrected chi connectivity index (χ2v) is 6.04. The van der Waals surface area contributed by atoms with Crippen molar-refractivity contribution in [2.24, 2.45) is 5.92 Å². The monoisotopic (exact) mass is 319 g/mol. The highest BCUT2D eigenvalue weighted by Crippen LogP contribution is 2.20. The van der Waals surface area contributed by atoms with Crippen LogP contribution in [0.15, 0.2) is 28.7 Å². The lowest BCUT2D eigenvalue weighted by atomic mass is 10.0. The summed E-state index contributed by atoms with van der Waals surface area (Å²) < 4.78 is 18.6. The molecule has 0 aliphatic heterocycles. The van der Waals surface area contributed by atoms with Crippen LogP contribution in [0, 0.1) is 18.7 Å². The average Bonchev–Trinajstić information content (AvgIpc) is 2.91. The van der Waals surface area contributed by atoms with Crippen LogP contribution in [0.3, 0.4) is 0 Å². The van der Waals surface area contributed by atoms with Gasteiger partial charge in [0, 0.05) is 13.3 Å². The van der Waals surface area contributed by atoms with Gasteiger partial charge in [0.25, 0.3) is 0 Å². The van der Waals surface area contributed by atoms with Crippen molar-refractivity contribution in [1.82, 2.24) is 15.5 Å². The summed E-state index contributed by atoms with van der Waals surface area (Å²) in [6, 6.07) is 5.99. The number of rotatable bonds is 7. The van der Waals surface area contributed by atoms with Gasteiger partial charge in [0.2, 0.25) is 17.7 Å². The number of amides is 1. The van der Waals surface area contributed by atoms with Crippen molar-refractivity contribution in [2.75, 3.05) is 0 Å². The van der Waals surface area contributed by atoms with Crippen LogP contribution in [0.5, 0.6) is 0 Å². The minimum absolute atomic E-state index is 0.115. The second kappa shape index (κ2) is 7.85. The Morgan fingerprint density at radius 1 is 1.35 bits per heavy atom. The van der Waals surface area contributed by atoms with E-state index in [-0.39, 0.29) is 24.2 Å². The minimum atomic E-state index is -0.295. The summed E-state index contributed by atoms with van der Waals surface area (Å²) in [5, 5.41) is 10.8. The van der Waals surface area contributed by atoms with E-state index in [9.17, 15) is 9.18 Å². The van der Waals surface area contributed by atoms with Gasteiger partial charge in [-0.1, -0.05) is 26.0 Å². The molecule has 5 nitrogen and oxygen atoms in total. The van der Waals surface area contributed by atoms with E-state index in [0.717, 1.165) is 5.56 Å². The zero-order chi connectivity index (χ0) is 16.8. The summed E-state index contributed by atoms with van der Waals surface area (Å²) in [6.07, 6.45) is 1.49. The third kappa shape index (κ3) is 5.47. The van der Waals surface area contributed by atoms with Crippen LogP contribution < -0.4 is 5.32 Å². The van der Waals surface area contributed by atoms with Crippen molar-refractivity contribution in [3.63, 3.8) is 0 Å². The molecule has 2 aromatic rings. The van der Waals surface area contributed by atoms with Crippen molar-refractivity contribution < 1.29 is 13.6 Å². The molecule has 0 aliphatic rings. The standard InChI is InChI=1S/C17H22FN3O2/c1-11(2)9-15(17-21-20-12(3)23-17)19-16(22)8-7-13-5-4-6-14(18)10-13/h4-6,10-11,15H,7-9H2,1-3H3,(H,19,22). The maximum Gasteiger partial charge on any atom is 0.238 e. The molecule has 1 unspecified atom stereocenters. The van der Waals surface area contributed by atoms with E-state index in [1.54, 1.807) is 13.0 Å². The third-order valence-electron chi connectivity index (χ3n) is 3.41. The van der Waals surface area contributed by atoms with Crippen molar-refractivity contribution >= 4 is 5.91 Å². The summed E-state index contributed by atoms with van der Waals surface area (Å²) in [7, 11) is 0. The summed E-state index contributed by atoms with van der Waals surface area (Å²) >= 11 is 0. The van der Waals surface area contributed by atoms with Gasteiger partial charge in [0.1, 0.15) is 11.9 Å². The van der Waals surface area contributed by atoms with E-state index in [4.69, 9.17) is 4.42 Å². The smallest absolute Gasteiger partial charge is 0.238 e. The Hall–Kier alpha value is -2.24. The predicted octanol–water partition coefficient (Wildman–Crippen LogP) is 3.35. The molecule has 0 spiro atoms. The molecule has 1 atom stereocenters. The van der Waals surface area contributed by atoms with Crippen molar-refractivity contribution in [1.29, 1.82) is 0 Å². The molecule has 0 radical (unpaired) electrons. The van der Waals surface area contributed by atoms with Gasteiger partial charge in [-0.05, 0) is 36.5 Å². The van der Waals surface area contributed by atoms with Crippen LogP contribution in [-0.4, -0.2) is 16.1 Å². The van der Waals surface area contributed by atoms with Gasteiger partial charge in [0.05, 0.1) is 0 Å². The van der Waals surface area contributed by atoms with Crippen LogP contribution in [0.1, 0.15) is 50.1 Å². The zero-order valence-corrected chi connectivity index (χ0v) is 13.7. The normalized spacial score (nSPS) is 12.4. The highest BCUT2D eigenvalue weighted by Gasteiger charge is 2.21. The Labute approximate surface area is 135 Å². The molecule has 1 aromatic carbocycles. The average molecular weight is 319 g/mol. The first-order valence-electron chi connectivity index (χ1n) is 7.78. The number of carbonyl (C=O) groups is 1. The Balaban J connectivity index is 1.94. The molecule has 0 bridgehead atoms. The molecule has 6 heteroatoms. The molecule has 1 amide bonds. The lowest BCUT2D eigenvalue weighted by Gasteiger charge is -2.17. The lowest BCUT2D eigenvalue weighted by molar-refractivity contribution is -0.122. The van der Waals surface area contributed by atoms with Gasteiger partial charge in [-0.15, -0.1) is 10.2 Å². The molecule has 124 valence electrons. The number of nitrogens with zero attached hydrogens (tertiary/aromatic N) is 2. The summed E-state index contributed by atoms with van der Waals surface area (Å²) in [5.74, 6) is 0.867. The molecule has 0 fully saturated rings. The van der Waals surface area contributed by atoms with E-state index in [0.29, 0.717) is 30.5 Å². The van der Waals surface area contributed by atoms with Gasteiger partial charge >= 0.3 is 0 Å². The summed E-state index contributed by atoms with van der Waals surface area (Å²) in [5.41, 5.74) is 0.800. The number of benzene rings is 1. The van der Waals surface area contributed by atoms with E-state index >= 15 is 0 Å². The number of carbonyl (C=O) groups excluding carboxylic acids is 1. The third-order valence-corrected chi connectivity index (χ3v) is 3.41.